The van der Waals surface area contributed by atoms with Crippen molar-refractivity contribution in [2.45, 2.75) is 51.1 Å². The summed E-state index contributed by atoms with van der Waals surface area (Å²) in [6, 6.07) is 4.84. The van der Waals surface area contributed by atoms with Crippen molar-refractivity contribution in [3.63, 3.8) is 0 Å². The van der Waals surface area contributed by atoms with E-state index in [1.54, 1.807) is 12.1 Å². The van der Waals surface area contributed by atoms with Gasteiger partial charge in [0.2, 0.25) is 0 Å². The molecular formula is C16H25ClFN3. The normalized spacial score (nSPS) is 20.4. The minimum atomic E-state index is -0.261. The Bertz CT molecular complexity index is 477. The summed E-state index contributed by atoms with van der Waals surface area (Å²) in [4.78, 5) is 2.48. The van der Waals surface area contributed by atoms with Gasteiger partial charge in [0.05, 0.1) is 0 Å². The Morgan fingerprint density at radius 1 is 1.43 bits per heavy atom. The van der Waals surface area contributed by atoms with Crippen molar-refractivity contribution in [2.24, 2.45) is 5.84 Å². The lowest BCUT2D eigenvalue weighted by atomic mass is 9.84. The second-order valence-electron chi connectivity index (χ2n) is 6.06. The molecule has 2 rings (SSSR count). The lowest BCUT2D eigenvalue weighted by Crippen LogP contribution is -2.61. The molecule has 1 aliphatic heterocycles. The van der Waals surface area contributed by atoms with Crippen molar-refractivity contribution in [3.8, 4) is 0 Å². The Labute approximate surface area is 131 Å². The van der Waals surface area contributed by atoms with E-state index < -0.39 is 0 Å². The summed E-state index contributed by atoms with van der Waals surface area (Å²) in [5.74, 6) is 5.54. The van der Waals surface area contributed by atoms with E-state index >= 15 is 0 Å². The predicted octanol–water partition coefficient (Wildman–Crippen LogP) is 3.12. The van der Waals surface area contributed by atoms with Crippen LogP contribution in [0, 0.1) is 5.82 Å². The molecule has 3 N–H and O–H groups in total. The maximum Gasteiger partial charge on any atom is 0.127 e. The Hall–Kier alpha value is -0.680. The number of nitrogens with zero attached hydrogens (tertiary/aromatic N) is 1. The van der Waals surface area contributed by atoms with E-state index in [1.165, 1.54) is 18.9 Å². The molecule has 1 aliphatic rings. The Morgan fingerprint density at radius 2 is 2.10 bits per heavy atom. The minimum absolute atomic E-state index is 0.00345. The van der Waals surface area contributed by atoms with Crippen molar-refractivity contribution in [1.29, 1.82) is 0 Å². The van der Waals surface area contributed by atoms with Crippen molar-refractivity contribution in [2.75, 3.05) is 13.1 Å². The second-order valence-corrected chi connectivity index (χ2v) is 6.50. The molecule has 0 aliphatic carbocycles. The molecule has 0 bridgehead atoms. The third-order valence-electron chi connectivity index (χ3n) is 4.94. The highest BCUT2D eigenvalue weighted by atomic mass is 35.5. The summed E-state index contributed by atoms with van der Waals surface area (Å²) in [6.45, 7) is 6.56. The first-order chi connectivity index (χ1) is 10.0. The van der Waals surface area contributed by atoms with Gasteiger partial charge in [-0.1, -0.05) is 24.6 Å². The molecule has 2 unspecified atom stereocenters. The standard InChI is InChI=1S/C16H25ClFN3/c1-3-16(2,21-8-4-5-9-21)15(20-19)10-12-6-7-13(17)11-14(12)18/h6-7,11,15,20H,3-5,8-10,19H2,1-2H3. The van der Waals surface area contributed by atoms with Gasteiger partial charge in [-0.2, -0.15) is 0 Å². The maximum absolute atomic E-state index is 14.0. The topological polar surface area (TPSA) is 41.3 Å². The minimum Gasteiger partial charge on any atom is -0.296 e. The lowest BCUT2D eigenvalue weighted by Gasteiger charge is -2.44. The molecule has 21 heavy (non-hydrogen) atoms. The molecule has 1 aromatic carbocycles. The Morgan fingerprint density at radius 3 is 2.62 bits per heavy atom. The number of rotatable bonds is 6. The Balaban J connectivity index is 2.20. The smallest absolute Gasteiger partial charge is 0.127 e. The third kappa shape index (κ3) is 3.57. The van der Waals surface area contributed by atoms with Crippen molar-refractivity contribution in [1.82, 2.24) is 10.3 Å². The van der Waals surface area contributed by atoms with E-state index in [9.17, 15) is 4.39 Å². The average molecular weight is 314 g/mol. The van der Waals surface area contributed by atoms with Crippen LogP contribution in [0.2, 0.25) is 5.02 Å². The molecular weight excluding hydrogens is 289 g/mol. The summed E-state index contributed by atoms with van der Waals surface area (Å²) in [5, 5.41) is 0.423. The molecule has 5 heteroatoms. The van der Waals surface area contributed by atoms with Crippen LogP contribution in [0.25, 0.3) is 0 Å². The lowest BCUT2D eigenvalue weighted by molar-refractivity contribution is 0.0837. The zero-order valence-corrected chi connectivity index (χ0v) is 13.6. The second kappa shape index (κ2) is 7.05. The molecule has 118 valence electrons. The highest BCUT2D eigenvalue weighted by Crippen LogP contribution is 2.30. The van der Waals surface area contributed by atoms with Crippen LogP contribution < -0.4 is 11.3 Å². The molecule has 0 radical (unpaired) electrons. The highest BCUT2D eigenvalue weighted by molar-refractivity contribution is 6.30. The number of benzene rings is 1. The van der Waals surface area contributed by atoms with Crippen molar-refractivity contribution < 1.29 is 4.39 Å². The van der Waals surface area contributed by atoms with Crippen LogP contribution in [-0.4, -0.2) is 29.6 Å². The van der Waals surface area contributed by atoms with Gasteiger partial charge in [-0.05, 0) is 63.4 Å². The number of likely N-dealkylation sites (tertiary alicyclic amines) is 1. The number of hydrogen-bond donors (Lipinski definition) is 2. The number of hydrazine groups is 1. The van der Waals surface area contributed by atoms with E-state index in [2.05, 4.69) is 24.2 Å². The van der Waals surface area contributed by atoms with Crippen LogP contribution in [0.1, 0.15) is 38.7 Å². The van der Waals surface area contributed by atoms with Crippen molar-refractivity contribution in [3.05, 3.63) is 34.6 Å². The molecule has 1 aromatic rings. The van der Waals surface area contributed by atoms with Crippen LogP contribution in [0.4, 0.5) is 4.39 Å². The zero-order valence-electron chi connectivity index (χ0n) is 12.8. The molecule has 1 heterocycles. The van der Waals surface area contributed by atoms with Gasteiger partial charge in [0.15, 0.2) is 0 Å². The molecule has 0 aromatic heterocycles. The van der Waals surface area contributed by atoms with Gasteiger partial charge in [-0.3, -0.25) is 16.2 Å². The zero-order chi connectivity index (χ0) is 15.5. The van der Waals surface area contributed by atoms with E-state index in [-0.39, 0.29) is 17.4 Å². The molecule has 0 spiro atoms. The predicted molar refractivity (Wildman–Crippen MR) is 85.7 cm³/mol. The molecule has 1 fully saturated rings. The molecule has 0 saturated carbocycles. The number of nitrogens with one attached hydrogen (secondary N) is 1. The van der Waals surface area contributed by atoms with Gasteiger partial charge in [0, 0.05) is 16.6 Å². The summed E-state index contributed by atoms with van der Waals surface area (Å²) in [7, 11) is 0. The van der Waals surface area contributed by atoms with Crippen molar-refractivity contribution >= 4 is 11.6 Å². The fourth-order valence-corrected chi connectivity index (χ4v) is 3.44. The fraction of sp³-hybridized carbons (Fsp3) is 0.625. The number of hydrogen-bond acceptors (Lipinski definition) is 3. The van der Waals surface area contributed by atoms with Crippen LogP contribution in [-0.2, 0) is 6.42 Å². The van der Waals surface area contributed by atoms with E-state index in [4.69, 9.17) is 17.4 Å². The monoisotopic (exact) mass is 313 g/mol. The summed E-state index contributed by atoms with van der Waals surface area (Å²) in [5.41, 5.74) is 3.50. The Kier molecular flexibility index (Phi) is 5.60. The maximum atomic E-state index is 14.0. The van der Waals surface area contributed by atoms with Gasteiger partial charge in [0.25, 0.3) is 0 Å². The largest absolute Gasteiger partial charge is 0.296 e. The van der Waals surface area contributed by atoms with Crippen LogP contribution in [0.5, 0.6) is 0 Å². The summed E-state index contributed by atoms with van der Waals surface area (Å²) >= 11 is 5.82. The summed E-state index contributed by atoms with van der Waals surface area (Å²) in [6.07, 6.45) is 3.97. The summed E-state index contributed by atoms with van der Waals surface area (Å²) < 4.78 is 14.0. The molecule has 2 atom stereocenters. The van der Waals surface area contributed by atoms with E-state index in [1.807, 2.05) is 0 Å². The molecule has 3 nitrogen and oxygen atoms in total. The number of halogens is 2. The van der Waals surface area contributed by atoms with Gasteiger partial charge in [-0.25, -0.2) is 4.39 Å². The average Bonchev–Trinajstić information content (AvgIpc) is 3.00. The molecule has 1 saturated heterocycles. The van der Waals surface area contributed by atoms with Crippen LogP contribution >= 0.6 is 11.6 Å². The third-order valence-corrected chi connectivity index (χ3v) is 5.17. The molecule has 0 amide bonds. The van der Waals surface area contributed by atoms with Gasteiger partial charge in [-0.15, -0.1) is 0 Å². The highest BCUT2D eigenvalue weighted by Gasteiger charge is 2.39. The SMILES string of the molecule is CCC(C)(C(Cc1ccc(Cl)cc1F)NN)N1CCCC1. The first kappa shape index (κ1) is 16.7. The first-order valence-electron chi connectivity index (χ1n) is 7.66. The first-order valence-corrected chi connectivity index (χ1v) is 8.04. The van der Waals surface area contributed by atoms with E-state index in [0.29, 0.717) is 17.0 Å². The van der Waals surface area contributed by atoms with Gasteiger partial charge < -0.3 is 0 Å². The van der Waals surface area contributed by atoms with Crippen LogP contribution in [0.3, 0.4) is 0 Å². The van der Waals surface area contributed by atoms with Gasteiger partial charge in [0.1, 0.15) is 5.82 Å². The van der Waals surface area contributed by atoms with E-state index in [0.717, 1.165) is 19.5 Å². The van der Waals surface area contributed by atoms with Gasteiger partial charge >= 0.3 is 0 Å². The quantitative estimate of drug-likeness (QED) is 0.626. The number of nitrogens with two attached hydrogens (primary N) is 1. The van der Waals surface area contributed by atoms with Crippen LogP contribution in [0.15, 0.2) is 18.2 Å². The fourth-order valence-electron chi connectivity index (χ4n) is 3.28.